The third-order valence-corrected chi connectivity index (χ3v) is 7.22. The van der Waals surface area contributed by atoms with Crippen LogP contribution in [0.5, 0.6) is 0 Å². The predicted molar refractivity (Wildman–Crippen MR) is 148 cm³/mol. The molecule has 5 rings (SSSR count). The highest BCUT2D eigenvalue weighted by molar-refractivity contribution is 6.16. The van der Waals surface area contributed by atoms with E-state index < -0.39 is 17.3 Å². The van der Waals surface area contributed by atoms with Crippen molar-refractivity contribution in [3.8, 4) is 11.3 Å². The van der Waals surface area contributed by atoms with Gasteiger partial charge in [-0.15, -0.1) is 0 Å². The van der Waals surface area contributed by atoms with Crippen LogP contribution in [0.1, 0.15) is 62.8 Å². The smallest absolute Gasteiger partial charge is 0.259 e. The van der Waals surface area contributed by atoms with Crippen molar-refractivity contribution in [2.75, 3.05) is 10.2 Å². The van der Waals surface area contributed by atoms with Gasteiger partial charge in [0.05, 0.1) is 12.0 Å². The lowest BCUT2D eigenvalue weighted by Gasteiger charge is -2.49. The van der Waals surface area contributed by atoms with E-state index in [4.69, 9.17) is 4.42 Å². The lowest BCUT2D eigenvalue weighted by molar-refractivity contribution is -0.138. The van der Waals surface area contributed by atoms with Crippen LogP contribution < -0.4 is 10.2 Å². The SMILES string of the molecule is CC(C)c1ccc(NC(=O)C2(c3ccc(-c4ccccc4F)o3)CC(=O)N2c2ccc(C(C)C)cc2)cc1. The highest BCUT2D eigenvalue weighted by Gasteiger charge is 2.60. The Kier molecular flexibility index (Phi) is 6.66. The summed E-state index contributed by atoms with van der Waals surface area (Å²) in [5.74, 6) is 0.239. The summed E-state index contributed by atoms with van der Waals surface area (Å²) in [7, 11) is 0. The zero-order valence-electron chi connectivity index (χ0n) is 22.0. The monoisotopic (exact) mass is 510 g/mol. The minimum atomic E-state index is -1.42. The molecule has 2 heterocycles. The molecule has 1 saturated heterocycles. The van der Waals surface area contributed by atoms with E-state index in [0.29, 0.717) is 29.0 Å². The van der Waals surface area contributed by atoms with Crippen LogP contribution in [0.15, 0.2) is 89.3 Å². The van der Waals surface area contributed by atoms with Gasteiger partial charge in [-0.1, -0.05) is 64.1 Å². The molecule has 1 atom stereocenters. The van der Waals surface area contributed by atoms with Gasteiger partial charge in [-0.05, 0) is 71.5 Å². The Morgan fingerprint density at radius 3 is 2.05 bits per heavy atom. The standard InChI is InChI=1S/C32H31FN2O3/c1-20(2)22-9-13-24(14-10-22)34-31(37)32(29-18-17-28(38-29)26-7-5-6-8-27(26)33)19-30(36)35(32)25-15-11-23(12-16-25)21(3)4/h5-18,20-21H,19H2,1-4H3,(H,34,37). The van der Waals surface area contributed by atoms with E-state index in [1.807, 2.05) is 48.5 Å². The van der Waals surface area contributed by atoms with Crippen molar-refractivity contribution < 1.29 is 18.4 Å². The van der Waals surface area contributed by atoms with Crippen molar-refractivity contribution in [1.29, 1.82) is 0 Å². The van der Waals surface area contributed by atoms with Gasteiger partial charge in [0.15, 0.2) is 5.54 Å². The molecule has 1 fully saturated rings. The van der Waals surface area contributed by atoms with E-state index in [1.165, 1.54) is 11.0 Å². The highest BCUT2D eigenvalue weighted by atomic mass is 19.1. The van der Waals surface area contributed by atoms with Crippen LogP contribution in [0.3, 0.4) is 0 Å². The molecule has 6 heteroatoms. The number of carbonyl (C=O) groups excluding carboxylic acids is 2. The minimum Gasteiger partial charge on any atom is -0.458 e. The fourth-order valence-electron chi connectivity index (χ4n) is 4.91. The van der Waals surface area contributed by atoms with E-state index in [9.17, 15) is 14.0 Å². The Morgan fingerprint density at radius 1 is 0.868 bits per heavy atom. The quantitative estimate of drug-likeness (QED) is 0.260. The zero-order valence-corrected chi connectivity index (χ0v) is 22.0. The Hall–Kier alpha value is -4.19. The number of furan rings is 1. The van der Waals surface area contributed by atoms with Crippen LogP contribution in [0.25, 0.3) is 11.3 Å². The van der Waals surface area contributed by atoms with Crippen molar-refractivity contribution in [3.05, 3.63) is 108 Å². The van der Waals surface area contributed by atoms with Gasteiger partial charge < -0.3 is 9.73 Å². The van der Waals surface area contributed by atoms with Crippen LogP contribution in [-0.2, 0) is 15.1 Å². The number of benzene rings is 3. The number of carbonyl (C=O) groups is 2. The molecule has 1 N–H and O–H groups in total. The fraction of sp³-hybridized carbons (Fsp3) is 0.250. The molecule has 0 radical (unpaired) electrons. The van der Waals surface area contributed by atoms with Gasteiger partial charge >= 0.3 is 0 Å². The molecule has 3 aromatic carbocycles. The van der Waals surface area contributed by atoms with Crippen molar-refractivity contribution in [1.82, 2.24) is 0 Å². The van der Waals surface area contributed by atoms with Crippen molar-refractivity contribution in [2.24, 2.45) is 0 Å². The van der Waals surface area contributed by atoms with E-state index >= 15 is 0 Å². The summed E-state index contributed by atoms with van der Waals surface area (Å²) in [6.45, 7) is 8.41. The average Bonchev–Trinajstić information content (AvgIpc) is 3.38. The molecule has 0 aliphatic carbocycles. The summed E-state index contributed by atoms with van der Waals surface area (Å²) in [4.78, 5) is 28.6. The number of hydrogen-bond acceptors (Lipinski definition) is 3. The number of nitrogens with one attached hydrogen (secondary N) is 1. The van der Waals surface area contributed by atoms with Gasteiger partial charge in [0.2, 0.25) is 5.91 Å². The predicted octanol–water partition coefficient (Wildman–Crippen LogP) is 7.60. The first-order valence-corrected chi connectivity index (χ1v) is 12.9. The molecular formula is C32H31FN2O3. The molecule has 1 aliphatic heterocycles. The Morgan fingerprint density at radius 2 is 1.47 bits per heavy atom. The van der Waals surface area contributed by atoms with Crippen molar-refractivity contribution in [2.45, 2.75) is 51.5 Å². The van der Waals surface area contributed by atoms with Gasteiger partial charge in [0.25, 0.3) is 5.91 Å². The molecule has 0 bridgehead atoms. The summed E-state index contributed by atoms with van der Waals surface area (Å²) >= 11 is 0. The van der Waals surface area contributed by atoms with E-state index in [0.717, 1.165) is 11.1 Å². The molecule has 1 aliphatic rings. The first-order chi connectivity index (χ1) is 18.2. The first-order valence-electron chi connectivity index (χ1n) is 12.9. The molecular weight excluding hydrogens is 479 g/mol. The third-order valence-electron chi connectivity index (χ3n) is 7.22. The van der Waals surface area contributed by atoms with Crippen molar-refractivity contribution in [3.63, 3.8) is 0 Å². The van der Waals surface area contributed by atoms with E-state index in [2.05, 4.69) is 33.0 Å². The summed E-state index contributed by atoms with van der Waals surface area (Å²) in [6.07, 6.45) is -0.0704. The normalized spacial score (nSPS) is 17.1. The number of β-lactam (4-membered cyclic amide) rings is 1. The maximum Gasteiger partial charge on any atom is 0.259 e. The summed E-state index contributed by atoms with van der Waals surface area (Å²) < 4.78 is 20.6. The minimum absolute atomic E-state index is 0.0704. The molecule has 38 heavy (non-hydrogen) atoms. The van der Waals surface area contributed by atoms with Crippen molar-refractivity contribution >= 4 is 23.2 Å². The molecule has 2 amide bonds. The van der Waals surface area contributed by atoms with Gasteiger partial charge in [0.1, 0.15) is 17.3 Å². The number of halogens is 1. The lowest BCUT2D eigenvalue weighted by Crippen LogP contribution is -2.67. The number of nitrogens with zero attached hydrogens (tertiary/aromatic N) is 1. The second-order valence-electron chi connectivity index (χ2n) is 10.4. The van der Waals surface area contributed by atoms with Gasteiger partial charge in [-0.3, -0.25) is 14.5 Å². The molecule has 0 saturated carbocycles. The molecule has 1 unspecified atom stereocenters. The van der Waals surface area contributed by atoms with E-state index in [-0.39, 0.29) is 23.7 Å². The van der Waals surface area contributed by atoms with Crippen LogP contribution in [-0.4, -0.2) is 11.8 Å². The Labute approximate surface area is 222 Å². The molecule has 1 aromatic heterocycles. The first kappa shape index (κ1) is 25.5. The Balaban J connectivity index is 1.56. The summed E-state index contributed by atoms with van der Waals surface area (Å²) in [6, 6.07) is 24.9. The second kappa shape index (κ2) is 9.93. The maximum atomic E-state index is 14.5. The van der Waals surface area contributed by atoms with Gasteiger partial charge in [-0.2, -0.15) is 0 Å². The van der Waals surface area contributed by atoms with Gasteiger partial charge in [-0.25, -0.2) is 4.39 Å². The highest BCUT2D eigenvalue weighted by Crippen LogP contribution is 2.47. The topological polar surface area (TPSA) is 62.6 Å². The van der Waals surface area contributed by atoms with Crippen LogP contribution >= 0.6 is 0 Å². The van der Waals surface area contributed by atoms with Gasteiger partial charge in [0, 0.05) is 11.4 Å². The van der Waals surface area contributed by atoms with Crippen LogP contribution in [0.2, 0.25) is 0 Å². The lowest BCUT2D eigenvalue weighted by atomic mass is 9.79. The zero-order chi connectivity index (χ0) is 27.0. The molecule has 5 nitrogen and oxygen atoms in total. The molecule has 194 valence electrons. The number of amides is 2. The third kappa shape index (κ3) is 4.40. The average molecular weight is 511 g/mol. The second-order valence-corrected chi connectivity index (χ2v) is 10.4. The molecule has 0 spiro atoms. The van der Waals surface area contributed by atoms with Crippen LogP contribution in [0.4, 0.5) is 15.8 Å². The maximum absolute atomic E-state index is 14.5. The summed E-state index contributed by atoms with van der Waals surface area (Å²) in [5.41, 5.74) is 2.37. The number of hydrogen-bond donors (Lipinski definition) is 1. The van der Waals surface area contributed by atoms with Crippen LogP contribution in [0, 0.1) is 5.82 Å². The fourth-order valence-corrected chi connectivity index (χ4v) is 4.91. The van der Waals surface area contributed by atoms with E-state index in [1.54, 1.807) is 30.3 Å². The largest absolute Gasteiger partial charge is 0.458 e. The number of anilines is 2. The Bertz CT molecular complexity index is 1470. The summed E-state index contributed by atoms with van der Waals surface area (Å²) in [5, 5.41) is 2.99. The molecule has 4 aromatic rings. The number of rotatable bonds is 7.